The Bertz CT molecular complexity index is 1040. The van der Waals surface area contributed by atoms with Crippen LogP contribution in [-0.4, -0.2) is 62.8 Å². The first-order valence-corrected chi connectivity index (χ1v) is 10.7. The summed E-state index contributed by atoms with van der Waals surface area (Å²) in [5.41, 5.74) is 1.49. The number of carbonyl (C=O) groups is 1. The van der Waals surface area contributed by atoms with Crippen LogP contribution >= 0.6 is 11.3 Å². The molecule has 30 heavy (non-hydrogen) atoms. The minimum atomic E-state index is -0.0453. The molecule has 0 spiro atoms. The van der Waals surface area contributed by atoms with Crippen LogP contribution in [0.4, 0.5) is 5.13 Å². The zero-order chi connectivity index (χ0) is 21.1. The minimum Gasteiger partial charge on any atom is -0.497 e. The number of fused-ring (bicyclic) bond motifs is 1. The van der Waals surface area contributed by atoms with E-state index in [4.69, 9.17) is 19.2 Å². The molecule has 3 aromatic rings. The van der Waals surface area contributed by atoms with Crippen LogP contribution in [0.2, 0.25) is 0 Å². The molecule has 1 aliphatic heterocycles. The number of rotatable bonds is 6. The molecule has 0 saturated carbocycles. The minimum absolute atomic E-state index is 0.0453. The summed E-state index contributed by atoms with van der Waals surface area (Å²) in [6.45, 7) is 5.33. The molecule has 2 aromatic carbocycles. The Morgan fingerprint density at radius 1 is 1.03 bits per heavy atom. The Morgan fingerprint density at radius 2 is 1.80 bits per heavy atom. The largest absolute Gasteiger partial charge is 0.497 e. The number of amides is 1. The van der Waals surface area contributed by atoms with Crippen molar-refractivity contribution in [3.63, 3.8) is 0 Å². The van der Waals surface area contributed by atoms with Crippen molar-refractivity contribution in [1.82, 2.24) is 9.88 Å². The molecular weight excluding hydrogens is 402 g/mol. The molecule has 1 amide bonds. The van der Waals surface area contributed by atoms with Crippen molar-refractivity contribution < 1.29 is 19.0 Å². The molecule has 2 heterocycles. The molecule has 0 N–H and O–H groups in total. The van der Waals surface area contributed by atoms with Gasteiger partial charge in [-0.2, -0.15) is 0 Å². The summed E-state index contributed by atoms with van der Waals surface area (Å²) in [5, 5.41) is 0.977. The third-order valence-electron chi connectivity index (χ3n) is 5.13. The lowest BCUT2D eigenvalue weighted by Crippen LogP contribution is -2.48. The van der Waals surface area contributed by atoms with Gasteiger partial charge in [-0.3, -0.25) is 4.79 Å². The quantitative estimate of drug-likeness (QED) is 0.598. The van der Waals surface area contributed by atoms with E-state index in [9.17, 15) is 4.79 Å². The van der Waals surface area contributed by atoms with Gasteiger partial charge in [0.15, 0.2) is 5.13 Å². The van der Waals surface area contributed by atoms with Crippen LogP contribution in [0.15, 0.2) is 36.4 Å². The number of ether oxygens (including phenoxy) is 3. The van der Waals surface area contributed by atoms with Crippen molar-refractivity contribution in [3.05, 3.63) is 42.0 Å². The number of aromatic nitrogens is 1. The lowest BCUT2D eigenvalue weighted by atomic mass is 10.1. The van der Waals surface area contributed by atoms with E-state index < -0.39 is 0 Å². The molecule has 1 saturated heterocycles. The van der Waals surface area contributed by atoms with Crippen LogP contribution in [0.1, 0.15) is 17.3 Å². The van der Waals surface area contributed by atoms with E-state index in [0.29, 0.717) is 36.8 Å². The van der Waals surface area contributed by atoms with Crippen LogP contribution in [0, 0.1) is 0 Å². The Morgan fingerprint density at radius 3 is 2.50 bits per heavy atom. The number of nitrogens with zero attached hydrogens (tertiary/aromatic N) is 3. The highest BCUT2D eigenvalue weighted by molar-refractivity contribution is 7.22. The van der Waals surface area contributed by atoms with E-state index in [1.165, 1.54) is 0 Å². The maximum absolute atomic E-state index is 13.1. The van der Waals surface area contributed by atoms with Gasteiger partial charge in [-0.15, -0.1) is 0 Å². The molecular formula is C22H25N3O4S. The molecule has 7 nitrogen and oxygen atoms in total. The topological polar surface area (TPSA) is 64.1 Å². The van der Waals surface area contributed by atoms with Crippen molar-refractivity contribution in [3.8, 4) is 17.2 Å². The second kappa shape index (κ2) is 8.79. The smallest absolute Gasteiger partial charge is 0.257 e. The van der Waals surface area contributed by atoms with E-state index in [1.54, 1.807) is 43.8 Å². The summed E-state index contributed by atoms with van der Waals surface area (Å²) in [4.78, 5) is 21.9. The van der Waals surface area contributed by atoms with Gasteiger partial charge in [0.2, 0.25) is 0 Å². The highest BCUT2D eigenvalue weighted by Gasteiger charge is 2.26. The predicted molar refractivity (Wildman–Crippen MR) is 118 cm³/mol. The number of anilines is 1. The number of carbonyl (C=O) groups excluding carboxylic acids is 1. The van der Waals surface area contributed by atoms with Crippen molar-refractivity contribution in [2.75, 3.05) is 51.9 Å². The highest BCUT2D eigenvalue weighted by Crippen LogP contribution is 2.32. The summed E-state index contributed by atoms with van der Waals surface area (Å²) in [6.07, 6.45) is 0. The fraction of sp³-hybridized carbons (Fsp3) is 0.364. The van der Waals surface area contributed by atoms with Gasteiger partial charge in [-0.05, 0) is 43.3 Å². The molecule has 0 unspecified atom stereocenters. The van der Waals surface area contributed by atoms with Gasteiger partial charge in [0.05, 0.1) is 36.6 Å². The first kappa shape index (κ1) is 20.3. The number of piperazine rings is 1. The molecule has 0 bridgehead atoms. The molecule has 0 aliphatic carbocycles. The first-order chi connectivity index (χ1) is 14.6. The molecule has 1 fully saturated rings. The number of hydrogen-bond acceptors (Lipinski definition) is 7. The van der Waals surface area contributed by atoms with Crippen molar-refractivity contribution in [1.29, 1.82) is 0 Å². The molecule has 4 rings (SSSR count). The van der Waals surface area contributed by atoms with E-state index in [-0.39, 0.29) is 5.91 Å². The average molecular weight is 428 g/mol. The van der Waals surface area contributed by atoms with Gasteiger partial charge in [0.1, 0.15) is 17.2 Å². The number of benzene rings is 2. The number of methoxy groups -OCH3 is 2. The molecule has 0 radical (unpaired) electrons. The Balaban J connectivity index is 1.46. The Labute approximate surface area is 179 Å². The second-order valence-electron chi connectivity index (χ2n) is 6.90. The van der Waals surface area contributed by atoms with Crippen LogP contribution in [0.3, 0.4) is 0 Å². The van der Waals surface area contributed by atoms with E-state index in [2.05, 4.69) is 4.90 Å². The standard InChI is InChI=1S/C22H25N3O4S/c1-4-29-16-5-7-18-20(14-16)30-22(23-18)25-11-9-24(10-12-25)21(26)17-13-15(27-2)6-8-19(17)28-3/h5-8,13-14H,4,9-12H2,1-3H3. The van der Waals surface area contributed by atoms with Gasteiger partial charge in [-0.25, -0.2) is 4.98 Å². The van der Waals surface area contributed by atoms with Gasteiger partial charge < -0.3 is 24.0 Å². The summed E-state index contributed by atoms with van der Waals surface area (Å²) >= 11 is 1.66. The number of thiazole rings is 1. The van der Waals surface area contributed by atoms with Crippen LogP contribution in [0.5, 0.6) is 17.2 Å². The fourth-order valence-electron chi connectivity index (χ4n) is 3.54. The highest BCUT2D eigenvalue weighted by atomic mass is 32.1. The zero-order valence-electron chi connectivity index (χ0n) is 17.4. The predicted octanol–water partition coefficient (Wildman–Crippen LogP) is 3.67. The molecule has 0 atom stereocenters. The SMILES string of the molecule is CCOc1ccc2nc(N3CCN(C(=O)c4cc(OC)ccc4OC)CC3)sc2c1. The molecule has 1 aliphatic rings. The molecule has 8 heteroatoms. The monoisotopic (exact) mass is 427 g/mol. The van der Waals surface area contributed by atoms with Crippen molar-refractivity contribution in [2.24, 2.45) is 0 Å². The third-order valence-corrected chi connectivity index (χ3v) is 6.21. The summed E-state index contributed by atoms with van der Waals surface area (Å²) in [7, 11) is 3.16. The second-order valence-corrected chi connectivity index (χ2v) is 7.91. The lowest BCUT2D eigenvalue weighted by Gasteiger charge is -2.34. The maximum atomic E-state index is 13.1. The number of hydrogen-bond donors (Lipinski definition) is 0. The summed E-state index contributed by atoms with van der Waals surface area (Å²) in [5.74, 6) is 2.01. The van der Waals surface area contributed by atoms with E-state index in [1.807, 2.05) is 30.0 Å². The van der Waals surface area contributed by atoms with Gasteiger partial charge >= 0.3 is 0 Å². The third kappa shape index (κ3) is 4.00. The maximum Gasteiger partial charge on any atom is 0.257 e. The van der Waals surface area contributed by atoms with Gasteiger partial charge in [0.25, 0.3) is 5.91 Å². The van der Waals surface area contributed by atoms with Gasteiger partial charge in [-0.1, -0.05) is 11.3 Å². The lowest BCUT2D eigenvalue weighted by molar-refractivity contribution is 0.0743. The van der Waals surface area contributed by atoms with Gasteiger partial charge in [0, 0.05) is 26.2 Å². The fourth-order valence-corrected chi connectivity index (χ4v) is 4.58. The first-order valence-electron chi connectivity index (χ1n) is 9.92. The zero-order valence-corrected chi connectivity index (χ0v) is 18.2. The Kier molecular flexibility index (Phi) is 5.94. The van der Waals surface area contributed by atoms with Crippen LogP contribution in [0.25, 0.3) is 10.2 Å². The van der Waals surface area contributed by atoms with E-state index >= 15 is 0 Å². The normalized spacial score (nSPS) is 14.1. The Hall–Kier alpha value is -3.00. The summed E-state index contributed by atoms with van der Waals surface area (Å²) < 4.78 is 17.3. The average Bonchev–Trinajstić information content (AvgIpc) is 3.22. The van der Waals surface area contributed by atoms with Crippen molar-refractivity contribution >= 4 is 32.6 Å². The summed E-state index contributed by atoms with van der Waals surface area (Å²) in [6, 6.07) is 11.3. The molecule has 1 aromatic heterocycles. The van der Waals surface area contributed by atoms with Crippen LogP contribution in [-0.2, 0) is 0 Å². The van der Waals surface area contributed by atoms with E-state index in [0.717, 1.165) is 34.2 Å². The molecule has 158 valence electrons. The van der Waals surface area contributed by atoms with Crippen LogP contribution < -0.4 is 19.1 Å². The van der Waals surface area contributed by atoms with Crippen molar-refractivity contribution in [2.45, 2.75) is 6.92 Å².